The number of piperazine rings is 2. The molecule has 0 amide bonds. The summed E-state index contributed by atoms with van der Waals surface area (Å²) in [6.07, 6.45) is 10.2. The SMILES string of the molecule is C.COc1ccc(-c2cn(C(C)(C)CCN)c3ccc(CN4CCN(Cc5ccccc5Cl)CC4)cc23)cc1.Cc1ccc(-c2cn(C3CCC(N)CC3)c3ccc(CN4CCN(Cc5ccccc5Cl)CC4)cc23)cc1. The quantitative estimate of drug-likeness (QED) is 0.106. The van der Waals surface area contributed by atoms with E-state index in [0.29, 0.717) is 18.6 Å². The van der Waals surface area contributed by atoms with Gasteiger partial charge in [-0.25, -0.2) is 0 Å². The fourth-order valence-electron chi connectivity index (χ4n) is 11.9. The minimum atomic E-state index is -0.0722. The molecule has 3 aliphatic rings. The smallest absolute Gasteiger partial charge is 0.118 e. The largest absolute Gasteiger partial charge is 0.497 e. The number of ether oxygens (including phenoxy) is 1. The molecule has 1 saturated carbocycles. The molecule has 0 spiro atoms. The Morgan fingerprint density at radius 3 is 1.51 bits per heavy atom. The molecular weight excluding hydrogens is 992 g/mol. The van der Waals surface area contributed by atoms with E-state index in [0.717, 1.165) is 114 Å². The summed E-state index contributed by atoms with van der Waals surface area (Å²) in [6, 6.07) is 48.8. The predicted octanol–water partition coefficient (Wildman–Crippen LogP) is 14.0. The van der Waals surface area contributed by atoms with E-state index in [4.69, 9.17) is 39.4 Å². The number of fused-ring (bicyclic) bond motifs is 2. The number of aromatic nitrogens is 2. The molecule has 0 bridgehead atoms. The van der Waals surface area contributed by atoms with Crippen molar-refractivity contribution in [3.63, 3.8) is 0 Å². The third-order valence-electron chi connectivity index (χ3n) is 16.5. The van der Waals surface area contributed by atoms with Gasteiger partial charge in [0.1, 0.15) is 5.75 Å². The van der Waals surface area contributed by atoms with E-state index in [9.17, 15) is 0 Å². The van der Waals surface area contributed by atoms with Crippen LogP contribution < -0.4 is 16.2 Å². The number of nitrogens with two attached hydrogens (primary N) is 2. The van der Waals surface area contributed by atoms with Crippen LogP contribution in [0.3, 0.4) is 0 Å². The maximum Gasteiger partial charge on any atom is 0.118 e. The molecule has 0 atom stereocenters. The summed E-state index contributed by atoms with van der Waals surface area (Å²) in [5, 5.41) is 4.39. The number of hydrogen-bond donors (Lipinski definition) is 2. The Hall–Kier alpha value is -5.46. The van der Waals surface area contributed by atoms with Gasteiger partial charge in [0.05, 0.1) is 7.11 Å². The molecule has 4 N–H and O–H groups in total. The van der Waals surface area contributed by atoms with E-state index in [1.54, 1.807) is 7.11 Å². The summed E-state index contributed by atoms with van der Waals surface area (Å²) in [5.74, 6) is 0.871. The number of hydrogen-bond acceptors (Lipinski definition) is 7. The Morgan fingerprint density at radius 2 is 1.01 bits per heavy atom. The van der Waals surface area contributed by atoms with Crippen LogP contribution in [0, 0.1) is 6.92 Å². The average Bonchev–Trinajstić information content (AvgIpc) is 4.05. The molecule has 2 saturated heterocycles. The van der Waals surface area contributed by atoms with Crippen molar-refractivity contribution in [3.05, 3.63) is 184 Å². The zero-order chi connectivity index (χ0) is 52.8. The first-order valence-electron chi connectivity index (χ1n) is 27.7. The zero-order valence-electron chi connectivity index (χ0n) is 45.2. The molecular formula is C66H82Cl2N8O. The maximum atomic E-state index is 6.41. The third kappa shape index (κ3) is 13.5. The van der Waals surface area contributed by atoms with Gasteiger partial charge in [0, 0.05) is 152 Å². The Labute approximate surface area is 469 Å². The number of aryl methyl sites for hydroxylation is 1. The Bertz CT molecular complexity index is 3180. The van der Waals surface area contributed by atoms with Crippen LogP contribution >= 0.6 is 23.2 Å². The van der Waals surface area contributed by atoms with Crippen LogP contribution in [0.25, 0.3) is 44.1 Å². The lowest BCUT2D eigenvalue weighted by molar-refractivity contribution is 0.122. The molecule has 6 aromatic carbocycles. The topological polar surface area (TPSA) is 84.1 Å². The van der Waals surface area contributed by atoms with Crippen molar-refractivity contribution >= 4 is 45.0 Å². The van der Waals surface area contributed by atoms with Crippen molar-refractivity contribution in [2.45, 2.75) is 104 Å². The van der Waals surface area contributed by atoms with E-state index in [1.807, 2.05) is 36.4 Å². The molecule has 9 nitrogen and oxygen atoms in total. The maximum absolute atomic E-state index is 6.41. The van der Waals surface area contributed by atoms with E-state index < -0.39 is 0 Å². The number of nitrogens with zero attached hydrogens (tertiary/aromatic N) is 6. The number of methoxy groups -OCH3 is 1. The lowest BCUT2D eigenvalue weighted by Crippen LogP contribution is -2.45. The lowest BCUT2D eigenvalue weighted by Gasteiger charge is -2.35. The minimum Gasteiger partial charge on any atom is -0.497 e. The van der Waals surface area contributed by atoms with Crippen LogP contribution in [-0.4, -0.2) is 101 Å². The van der Waals surface area contributed by atoms with E-state index in [-0.39, 0.29) is 13.0 Å². The summed E-state index contributed by atoms with van der Waals surface area (Å²) in [5.41, 5.74) is 26.3. The van der Waals surface area contributed by atoms with Gasteiger partial charge >= 0.3 is 0 Å². The van der Waals surface area contributed by atoms with Crippen LogP contribution in [0.4, 0.5) is 0 Å². The highest BCUT2D eigenvalue weighted by molar-refractivity contribution is 6.31. The van der Waals surface area contributed by atoms with Crippen molar-refractivity contribution in [2.75, 3.05) is 66.0 Å². The highest BCUT2D eigenvalue weighted by atomic mass is 35.5. The third-order valence-corrected chi connectivity index (χ3v) is 17.3. The summed E-state index contributed by atoms with van der Waals surface area (Å²) >= 11 is 12.8. The Kier molecular flexibility index (Phi) is 18.7. The van der Waals surface area contributed by atoms with Crippen molar-refractivity contribution in [1.82, 2.24) is 28.7 Å². The minimum absolute atomic E-state index is 0. The van der Waals surface area contributed by atoms with Crippen LogP contribution in [0.1, 0.15) is 87.2 Å². The molecule has 2 aliphatic heterocycles. The fourth-order valence-corrected chi connectivity index (χ4v) is 12.2. The second-order valence-electron chi connectivity index (χ2n) is 22.4. The van der Waals surface area contributed by atoms with Crippen molar-refractivity contribution < 1.29 is 4.74 Å². The molecule has 1 aliphatic carbocycles. The van der Waals surface area contributed by atoms with Crippen LogP contribution in [0.5, 0.6) is 5.75 Å². The Morgan fingerprint density at radius 1 is 0.558 bits per heavy atom. The molecule has 0 unspecified atom stereocenters. The van der Waals surface area contributed by atoms with Crippen molar-refractivity contribution in [1.29, 1.82) is 0 Å². The van der Waals surface area contributed by atoms with E-state index in [1.165, 1.54) is 84.7 Å². The molecule has 77 heavy (non-hydrogen) atoms. The average molecular weight is 1070 g/mol. The van der Waals surface area contributed by atoms with Gasteiger partial charge in [-0.2, -0.15) is 0 Å². The monoisotopic (exact) mass is 1070 g/mol. The summed E-state index contributed by atoms with van der Waals surface area (Å²) in [4.78, 5) is 10.2. The molecule has 11 rings (SSSR count). The number of rotatable bonds is 15. The van der Waals surface area contributed by atoms with Gasteiger partial charge in [-0.05, 0) is 141 Å². The van der Waals surface area contributed by atoms with Gasteiger partial charge < -0.3 is 25.3 Å². The first-order chi connectivity index (χ1) is 36.9. The second-order valence-corrected chi connectivity index (χ2v) is 23.2. The first-order valence-corrected chi connectivity index (χ1v) is 28.5. The molecule has 4 heterocycles. The fraction of sp³-hybridized carbons (Fsp3) is 0.394. The molecule has 2 aromatic heterocycles. The number of halogens is 2. The molecule has 3 fully saturated rings. The molecule has 0 radical (unpaired) electrons. The molecule has 8 aromatic rings. The van der Waals surface area contributed by atoms with Crippen LogP contribution in [0.15, 0.2) is 146 Å². The summed E-state index contributed by atoms with van der Waals surface area (Å²) in [6.45, 7) is 19.7. The van der Waals surface area contributed by atoms with Gasteiger partial charge in [-0.15, -0.1) is 0 Å². The predicted molar refractivity (Wildman–Crippen MR) is 325 cm³/mol. The first kappa shape index (κ1) is 56.3. The van der Waals surface area contributed by atoms with Crippen molar-refractivity contribution in [2.24, 2.45) is 11.5 Å². The van der Waals surface area contributed by atoms with Crippen LogP contribution in [0.2, 0.25) is 10.0 Å². The van der Waals surface area contributed by atoms with Gasteiger partial charge in [0.25, 0.3) is 0 Å². The van der Waals surface area contributed by atoms with Crippen molar-refractivity contribution in [3.8, 4) is 28.0 Å². The second kappa shape index (κ2) is 25.6. The highest BCUT2D eigenvalue weighted by Crippen LogP contribution is 2.39. The normalized spacial score (nSPS) is 18.0. The summed E-state index contributed by atoms with van der Waals surface area (Å²) < 4.78 is 10.4. The molecule has 406 valence electrons. The lowest BCUT2D eigenvalue weighted by atomic mass is 9.91. The standard InChI is InChI=1S/C33H39ClN4.C32H39ClN4O.CH4/c1-24-6-9-26(10-7-24)31-23-38(29-13-11-28(35)12-14-29)33-15-8-25(20-30(31)33)21-36-16-18-37(19-17-36)22-27-4-2-3-5-32(27)34;1-32(2,14-15-34)37-23-29(25-9-11-27(38-3)12-10-25)28-20-24(8-13-31(28)37)21-35-16-18-36(19-17-35)22-26-6-4-5-7-30(26)33;/h2-10,15,20,23,28-29H,11-14,16-19,21-22,35H2,1H3;4-13,20,23H,14-19,21-22,34H2,1-3H3;1H4. The summed E-state index contributed by atoms with van der Waals surface area (Å²) in [7, 11) is 1.71. The van der Waals surface area contributed by atoms with Gasteiger partial charge in [0.2, 0.25) is 0 Å². The van der Waals surface area contributed by atoms with Gasteiger partial charge in [-0.3, -0.25) is 19.6 Å². The highest BCUT2D eigenvalue weighted by Gasteiger charge is 2.26. The van der Waals surface area contributed by atoms with Gasteiger partial charge in [0.15, 0.2) is 0 Å². The molecule has 11 heteroatoms. The number of benzene rings is 6. The van der Waals surface area contributed by atoms with Crippen LogP contribution in [-0.2, 0) is 31.7 Å². The van der Waals surface area contributed by atoms with Gasteiger partial charge in [-0.1, -0.05) is 121 Å². The van der Waals surface area contributed by atoms with E-state index >= 15 is 0 Å². The van der Waals surface area contributed by atoms with E-state index in [2.05, 4.69) is 159 Å². The Balaban J connectivity index is 0.000000185. The zero-order valence-corrected chi connectivity index (χ0v) is 46.8.